The van der Waals surface area contributed by atoms with E-state index in [4.69, 9.17) is 18.9 Å². The van der Waals surface area contributed by atoms with Gasteiger partial charge in [-0.1, -0.05) is 97.1 Å². The number of nitrogens with one attached hydrogen (secondary N) is 2. The highest BCUT2D eigenvalue weighted by atomic mass is 19.4. The number of esters is 1. The van der Waals surface area contributed by atoms with Gasteiger partial charge in [-0.25, -0.2) is 14.4 Å². The lowest BCUT2D eigenvalue weighted by Crippen LogP contribution is -2.49. The molecule has 9 nitrogen and oxygen atoms in total. The van der Waals surface area contributed by atoms with Crippen molar-refractivity contribution in [3.63, 3.8) is 0 Å². The van der Waals surface area contributed by atoms with E-state index in [9.17, 15) is 40.7 Å². The summed E-state index contributed by atoms with van der Waals surface area (Å²) >= 11 is 0. The highest BCUT2D eigenvalue weighted by molar-refractivity contribution is 5.92. The predicted molar refractivity (Wildman–Crippen MR) is 183 cm³/mol. The van der Waals surface area contributed by atoms with Gasteiger partial charge >= 0.3 is 30.5 Å². The third-order valence-electron chi connectivity index (χ3n) is 8.05. The standard InChI is InChI=1S/C39H36F6N2O7/c1-26(29-20-31(38(40,41)42)22-32(21-29)39(43,44)45)54-25-37(30-16-10-5-11-17-30,47-36(50)53-24-28-14-8-4-9-15-28)19-18-33(34(48)51-2)46-35(49)52-23-27-12-6-3-7-13-27/h3-18,20-22,26H,19,23-25H2,1-2H3,(H,46,49)(H,47,50)/t26-,37-/m1/s1. The van der Waals surface area contributed by atoms with E-state index in [-0.39, 0.29) is 25.7 Å². The zero-order valence-corrected chi connectivity index (χ0v) is 29.0. The van der Waals surface area contributed by atoms with Gasteiger partial charge in [-0.3, -0.25) is 5.32 Å². The second-order valence-electron chi connectivity index (χ2n) is 11.9. The minimum Gasteiger partial charge on any atom is -0.464 e. The topological polar surface area (TPSA) is 112 Å². The summed E-state index contributed by atoms with van der Waals surface area (Å²) in [7, 11) is 1.06. The van der Waals surface area contributed by atoms with E-state index in [2.05, 4.69) is 10.6 Å². The molecule has 2 N–H and O–H groups in total. The first-order chi connectivity index (χ1) is 25.6. The maximum atomic E-state index is 13.7. The van der Waals surface area contributed by atoms with Crippen molar-refractivity contribution < 1.29 is 59.7 Å². The van der Waals surface area contributed by atoms with Gasteiger partial charge in [-0.2, -0.15) is 26.3 Å². The van der Waals surface area contributed by atoms with Gasteiger partial charge in [0.15, 0.2) is 0 Å². The summed E-state index contributed by atoms with van der Waals surface area (Å²) in [5.41, 5.74) is -4.00. The Labute approximate surface area is 306 Å². The van der Waals surface area contributed by atoms with E-state index in [1.807, 2.05) is 0 Å². The lowest BCUT2D eigenvalue weighted by Gasteiger charge is -2.35. The number of rotatable bonds is 14. The summed E-state index contributed by atoms with van der Waals surface area (Å²) in [6.45, 7) is 0.358. The van der Waals surface area contributed by atoms with Gasteiger partial charge < -0.3 is 24.3 Å². The number of hydrogen-bond donors (Lipinski definition) is 2. The van der Waals surface area contributed by atoms with Gasteiger partial charge in [0.1, 0.15) is 18.9 Å². The van der Waals surface area contributed by atoms with Crippen molar-refractivity contribution >= 4 is 18.2 Å². The van der Waals surface area contributed by atoms with E-state index in [1.165, 1.54) is 13.0 Å². The molecule has 4 aromatic rings. The van der Waals surface area contributed by atoms with E-state index in [0.717, 1.165) is 7.11 Å². The molecule has 4 aromatic carbocycles. The fourth-order valence-electron chi connectivity index (χ4n) is 5.15. The first-order valence-corrected chi connectivity index (χ1v) is 16.3. The second kappa shape index (κ2) is 18.3. The van der Waals surface area contributed by atoms with Gasteiger partial charge in [0.25, 0.3) is 0 Å². The van der Waals surface area contributed by atoms with Crippen LogP contribution in [-0.4, -0.2) is 31.9 Å². The Hall–Kier alpha value is -5.83. The van der Waals surface area contributed by atoms with Crippen LogP contribution in [-0.2, 0) is 54.8 Å². The van der Waals surface area contributed by atoms with Crippen LogP contribution in [0.3, 0.4) is 0 Å². The summed E-state index contributed by atoms with van der Waals surface area (Å²) in [5, 5.41) is 5.04. The van der Waals surface area contributed by atoms with Crippen LogP contribution in [0.25, 0.3) is 0 Å². The number of carbonyl (C=O) groups excluding carboxylic acids is 3. The summed E-state index contributed by atoms with van der Waals surface area (Å²) in [6.07, 6.45) is -12.7. The third-order valence-corrected chi connectivity index (χ3v) is 8.05. The number of carbonyl (C=O) groups is 3. The molecule has 0 aliphatic heterocycles. The second-order valence-corrected chi connectivity index (χ2v) is 11.9. The molecule has 2 amide bonds. The normalized spacial score (nSPS) is 13.6. The number of amides is 2. The van der Waals surface area contributed by atoms with Crippen molar-refractivity contribution in [2.75, 3.05) is 13.7 Å². The van der Waals surface area contributed by atoms with E-state index < -0.39 is 71.1 Å². The average molecular weight is 759 g/mol. The number of alkyl carbamates (subject to hydrolysis) is 2. The predicted octanol–water partition coefficient (Wildman–Crippen LogP) is 9.00. The van der Waals surface area contributed by atoms with Gasteiger partial charge in [0.2, 0.25) is 0 Å². The number of halogens is 6. The van der Waals surface area contributed by atoms with Crippen LogP contribution in [0.1, 0.15) is 52.8 Å². The summed E-state index contributed by atoms with van der Waals surface area (Å²) in [6, 6.07) is 26.4. The Kier molecular flexibility index (Phi) is 13.9. The van der Waals surface area contributed by atoms with Gasteiger partial charge in [-0.15, -0.1) is 0 Å². The van der Waals surface area contributed by atoms with E-state index in [0.29, 0.717) is 28.8 Å². The third kappa shape index (κ3) is 11.8. The molecule has 0 aliphatic carbocycles. The lowest BCUT2D eigenvalue weighted by molar-refractivity contribution is -0.143. The molecule has 0 fully saturated rings. The lowest BCUT2D eigenvalue weighted by atomic mass is 9.86. The Morgan fingerprint density at radius 1 is 0.685 bits per heavy atom. The molecule has 0 heterocycles. The molecule has 2 atom stereocenters. The summed E-state index contributed by atoms with van der Waals surface area (Å²) in [4.78, 5) is 39.0. The number of ether oxygens (including phenoxy) is 4. The molecular formula is C39H36F6N2O7. The maximum Gasteiger partial charge on any atom is 0.416 e. The van der Waals surface area contributed by atoms with Gasteiger partial charge in [0.05, 0.1) is 36.5 Å². The molecule has 286 valence electrons. The van der Waals surface area contributed by atoms with Gasteiger partial charge in [-0.05, 0) is 53.8 Å². The summed E-state index contributed by atoms with van der Waals surface area (Å²) in [5.74, 6) is -1.00. The SMILES string of the molecule is COC(=O)C(=CC[C@](CO[C@H](C)c1cc(C(F)(F)F)cc(C(F)(F)F)c1)(NC(=O)OCc1ccccc1)c1ccccc1)NC(=O)OCc1ccccc1. The maximum absolute atomic E-state index is 13.7. The number of alkyl halides is 6. The first-order valence-electron chi connectivity index (χ1n) is 16.3. The molecule has 0 saturated carbocycles. The molecule has 0 aliphatic rings. The quantitative estimate of drug-likeness (QED) is 0.0572. The Bertz CT molecular complexity index is 1860. The fraction of sp³-hybridized carbons (Fsp3) is 0.256. The average Bonchev–Trinajstić information content (AvgIpc) is 3.16. The van der Waals surface area contributed by atoms with Crippen molar-refractivity contribution in [1.29, 1.82) is 0 Å². The van der Waals surface area contributed by atoms with E-state index >= 15 is 0 Å². The molecular weight excluding hydrogens is 722 g/mol. The number of hydrogen-bond acceptors (Lipinski definition) is 7. The molecule has 0 spiro atoms. The smallest absolute Gasteiger partial charge is 0.416 e. The molecule has 4 rings (SSSR count). The molecule has 15 heteroatoms. The molecule has 0 saturated heterocycles. The van der Waals surface area contributed by atoms with Crippen molar-refractivity contribution in [3.8, 4) is 0 Å². The van der Waals surface area contributed by atoms with Crippen LogP contribution in [0, 0.1) is 0 Å². The van der Waals surface area contributed by atoms with Crippen LogP contribution in [0.5, 0.6) is 0 Å². The van der Waals surface area contributed by atoms with Crippen molar-refractivity contribution in [2.45, 2.75) is 50.6 Å². The zero-order valence-electron chi connectivity index (χ0n) is 29.0. The zero-order chi connectivity index (χ0) is 39.4. The molecule has 0 bridgehead atoms. The van der Waals surface area contributed by atoms with E-state index in [1.54, 1.807) is 91.0 Å². The van der Waals surface area contributed by atoms with Crippen molar-refractivity contribution in [1.82, 2.24) is 10.6 Å². The van der Waals surface area contributed by atoms with Crippen LogP contribution in [0.2, 0.25) is 0 Å². The highest BCUT2D eigenvalue weighted by Gasteiger charge is 2.39. The highest BCUT2D eigenvalue weighted by Crippen LogP contribution is 2.38. The van der Waals surface area contributed by atoms with Crippen molar-refractivity contribution in [2.24, 2.45) is 0 Å². The van der Waals surface area contributed by atoms with Crippen LogP contribution in [0.15, 0.2) is 121 Å². The monoisotopic (exact) mass is 758 g/mol. The largest absolute Gasteiger partial charge is 0.464 e. The molecule has 0 aromatic heterocycles. The minimum absolute atomic E-state index is 0.00573. The Balaban J connectivity index is 1.71. The Morgan fingerprint density at radius 2 is 1.17 bits per heavy atom. The first kappa shape index (κ1) is 40.9. The summed E-state index contributed by atoms with van der Waals surface area (Å²) < 4.78 is 104. The number of benzene rings is 4. The fourth-order valence-corrected chi connectivity index (χ4v) is 5.15. The molecule has 0 radical (unpaired) electrons. The van der Waals surface area contributed by atoms with Crippen LogP contribution < -0.4 is 10.6 Å². The molecule has 54 heavy (non-hydrogen) atoms. The minimum atomic E-state index is -5.10. The van der Waals surface area contributed by atoms with Crippen LogP contribution >= 0.6 is 0 Å². The number of methoxy groups -OCH3 is 1. The van der Waals surface area contributed by atoms with Crippen LogP contribution in [0.4, 0.5) is 35.9 Å². The van der Waals surface area contributed by atoms with Gasteiger partial charge in [0, 0.05) is 0 Å². The molecule has 0 unspecified atom stereocenters. The Morgan fingerprint density at radius 3 is 1.65 bits per heavy atom. The van der Waals surface area contributed by atoms with Crippen molar-refractivity contribution in [3.05, 3.63) is 154 Å².